The van der Waals surface area contributed by atoms with Gasteiger partial charge in [0.05, 0.1) is 26.2 Å². The second-order valence-electron chi connectivity index (χ2n) is 6.21. The van der Waals surface area contributed by atoms with E-state index in [1.54, 1.807) is 4.57 Å². The standard InChI is InChI=1S/C21H21N5O3/c1-29-21(28)26(14-17-10-6-3-7-11-17)24-12-18(27)19-20(22)23-15-25(19)13-16-8-4-2-5-9-16/h2-12,15H,13-14,22H2,1H3/b24-12-. The van der Waals surface area contributed by atoms with E-state index in [0.717, 1.165) is 22.4 Å². The van der Waals surface area contributed by atoms with E-state index in [2.05, 4.69) is 10.1 Å². The number of carbonyl (C=O) groups excluding carboxylic acids is 2. The van der Waals surface area contributed by atoms with Crippen LogP contribution in [0.15, 0.2) is 72.1 Å². The number of nitrogen functional groups attached to an aromatic ring is 1. The van der Waals surface area contributed by atoms with Crippen molar-refractivity contribution in [3.05, 3.63) is 83.8 Å². The zero-order valence-corrected chi connectivity index (χ0v) is 15.9. The SMILES string of the molecule is COC(=O)N(Cc1ccccc1)/N=C\C(=O)c1c(N)ncn1Cc1ccccc1. The summed E-state index contributed by atoms with van der Waals surface area (Å²) in [5.41, 5.74) is 7.94. The molecule has 0 aliphatic carbocycles. The number of imidazole rings is 1. The van der Waals surface area contributed by atoms with Gasteiger partial charge in [-0.15, -0.1) is 0 Å². The molecular weight excluding hydrogens is 370 g/mol. The molecule has 148 valence electrons. The molecule has 1 aromatic heterocycles. The number of nitrogens with two attached hydrogens (primary N) is 1. The van der Waals surface area contributed by atoms with Crippen molar-refractivity contribution in [2.24, 2.45) is 5.10 Å². The lowest BCUT2D eigenvalue weighted by atomic mass is 10.2. The molecule has 0 saturated heterocycles. The third kappa shape index (κ3) is 5.07. The number of anilines is 1. The molecule has 0 bridgehead atoms. The predicted molar refractivity (Wildman–Crippen MR) is 109 cm³/mol. The summed E-state index contributed by atoms with van der Waals surface area (Å²) in [6.45, 7) is 0.598. The van der Waals surface area contributed by atoms with Crippen LogP contribution in [-0.4, -0.2) is 39.8 Å². The molecule has 0 aliphatic heterocycles. The molecule has 3 rings (SSSR count). The number of nitrogens with zero attached hydrogens (tertiary/aromatic N) is 4. The van der Waals surface area contributed by atoms with Crippen molar-refractivity contribution < 1.29 is 14.3 Å². The number of benzene rings is 2. The van der Waals surface area contributed by atoms with Crippen molar-refractivity contribution in [3.63, 3.8) is 0 Å². The lowest BCUT2D eigenvalue weighted by Crippen LogP contribution is -2.26. The van der Waals surface area contributed by atoms with Gasteiger partial charge in [0.2, 0.25) is 5.78 Å². The van der Waals surface area contributed by atoms with Crippen molar-refractivity contribution in [2.75, 3.05) is 12.8 Å². The summed E-state index contributed by atoms with van der Waals surface area (Å²) in [6.07, 6.45) is 1.88. The quantitative estimate of drug-likeness (QED) is 0.379. The predicted octanol–water partition coefficient (Wildman–Crippen LogP) is 2.95. The maximum absolute atomic E-state index is 12.7. The number of ketones is 1. The van der Waals surface area contributed by atoms with Crippen LogP contribution >= 0.6 is 0 Å². The Morgan fingerprint density at radius 3 is 2.34 bits per heavy atom. The normalized spacial score (nSPS) is 10.8. The summed E-state index contributed by atoms with van der Waals surface area (Å²) in [4.78, 5) is 28.8. The first kappa shape index (κ1) is 19.8. The number of amides is 1. The molecule has 0 unspecified atom stereocenters. The minimum absolute atomic E-state index is 0.102. The Hall–Kier alpha value is -3.94. The van der Waals surface area contributed by atoms with E-state index in [1.165, 1.54) is 13.4 Å². The second-order valence-corrected chi connectivity index (χ2v) is 6.21. The van der Waals surface area contributed by atoms with Crippen molar-refractivity contribution in [1.29, 1.82) is 0 Å². The number of methoxy groups -OCH3 is 1. The van der Waals surface area contributed by atoms with Crippen LogP contribution in [0.4, 0.5) is 10.6 Å². The minimum atomic E-state index is -0.677. The van der Waals surface area contributed by atoms with Crippen molar-refractivity contribution in [3.8, 4) is 0 Å². The number of hydrogen-bond acceptors (Lipinski definition) is 6. The largest absolute Gasteiger partial charge is 0.451 e. The highest BCUT2D eigenvalue weighted by molar-refractivity contribution is 6.36. The Morgan fingerprint density at radius 2 is 1.72 bits per heavy atom. The number of carbonyl (C=O) groups is 2. The van der Waals surface area contributed by atoms with Gasteiger partial charge in [-0.3, -0.25) is 4.79 Å². The summed E-state index contributed by atoms with van der Waals surface area (Å²) in [6, 6.07) is 18.9. The smallest absolute Gasteiger partial charge is 0.430 e. The number of rotatable bonds is 7. The first-order valence-corrected chi connectivity index (χ1v) is 8.90. The number of hydrogen-bond donors (Lipinski definition) is 1. The summed E-state index contributed by atoms with van der Waals surface area (Å²) >= 11 is 0. The Labute approximate surface area is 168 Å². The van der Waals surface area contributed by atoms with E-state index in [0.29, 0.717) is 6.54 Å². The fraction of sp³-hybridized carbons (Fsp3) is 0.143. The number of hydrazone groups is 1. The molecule has 2 aromatic carbocycles. The minimum Gasteiger partial charge on any atom is -0.451 e. The van der Waals surface area contributed by atoms with Gasteiger partial charge in [0.1, 0.15) is 5.69 Å². The van der Waals surface area contributed by atoms with Crippen LogP contribution in [0.25, 0.3) is 0 Å². The molecule has 8 nitrogen and oxygen atoms in total. The highest BCUT2D eigenvalue weighted by Crippen LogP contribution is 2.13. The van der Waals surface area contributed by atoms with Crippen LogP contribution in [0.2, 0.25) is 0 Å². The Morgan fingerprint density at radius 1 is 1.10 bits per heavy atom. The molecule has 0 radical (unpaired) electrons. The molecule has 0 fully saturated rings. The van der Waals surface area contributed by atoms with Gasteiger partial charge < -0.3 is 15.0 Å². The van der Waals surface area contributed by atoms with Gasteiger partial charge in [-0.05, 0) is 11.1 Å². The van der Waals surface area contributed by atoms with Crippen LogP contribution in [0.5, 0.6) is 0 Å². The van der Waals surface area contributed by atoms with Crippen molar-refractivity contribution in [2.45, 2.75) is 13.1 Å². The maximum Gasteiger partial charge on any atom is 0.430 e. The zero-order valence-electron chi connectivity index (χ0n) is 15.9. The highest BCUT2D eigenvalue weighted by atomic mass is 16.5. The first-order chi connectivity index (χ1) is 14.1. The highest BCUT2D eigenvalue weighted by Gasteiger charge is 2.18. The molecule has 0 atom stereocenters. The van der Waals surface area contributed by atoms with E-state index >= 15 is 0 Å². The van der Waals surface area contributed by atoms with Crippen LogP contribution in [-0.2, 0) is 17.8 Å². The summed E-state index contributed by atoms with van der Waals surface area (Å²) in [5, 5.41) is 5.09. The van der Waals surface area contributed by atoms with Gasteiger partial charge in [-0.2, -0.15) is 10.1 Å². The lowest BCUT2D eigenvalue weighted by Gasteiger charge is -2.15. The van der Waals surface area contributed by atoms with E-state index in [1.807, 2.05) is 60.7 Å². The maximum atomic E-state index is 12.7. The van der Waals surface area contributed by atoms with E-state index < -0.39 is 11.9 Å². The number of Topliss-reactive ketones (excluding diaryl/α,β-unsaturated/α-hetero) is 1. The molecule has 1 heterocycles. The lowest BCUT2D eigenvalue weighted by molar-refractivity contribution is 0.105. The molecule has 1 amide bonds. The van der Waals surface area contributed by atoms with Gasteiger partial charge in [-0.1, -0.05) is 60.7 Å². The monoisotopic (exact) mass is 391 g/mol. The molecule has 0 spiro atoms. The fourth-order valence-electron chi connectivity index (χ4n) is 2.76. The Kier molecular flexibility index (Phi) is 6.36. The van der Waals surface area contributed by atoms with Gasteiger partial charge >= 0.3 is 6.09 Å². The fourth-order valence-corrected chi connectivity index (χ4v) is 2.76. The van der Waals surface area contributed by atoms with Gasteiger partial charge in [0.25, 0.3) is 0 Å². The molecule has 8 heteroatoms. The topological polar surface area (TPSA) is 103 Å². The van der Waals surface area contributed by atoms with Crippen LogP contribution in [0.1, 0.15) is 21.6 Å². The zero-order chi connectivity index (χ0) is 20.6. The van der Waals surface area contributed by atoms with E-state index in [4.69, 9.17) is 10.5 Å². The van der Waals surface area contributed by atoms with Crippen LogP contribution < -0.4 is 5.73 Å². The molecule has 29 heavy (non-hydrogen) atoms. The van der Waals surface area contributed by atoms with Crippen LogP contribution in [0, 0.1) is 0 Å². The van der Waals surface area contributed by atoms with Gasteiger partial charge in [0, 0.05) is 6.54 Å². The Bertz CT molecular complexity index is 1000. The molecule has 2 N–H and O–H groups in total. The van der Waals surface area contributed by atoms with Crippen molar-refractivity contribution in [1.82, 2.24) is 14.6 Å². The van der Waals surface area contributed by atoms with Crippen LogP contribution in [0.3, 0.4) is 0 Å². The van der Waals surface area contributed by atoms with Gasteiger partial charge in [0.15, 0.2) is 5.82 Å². The van der Waals surface area contributed by atoms with Crippen molar-refractivity contribution >= 4 is 23.9 Å². The third-order valence-electron chi connectivity index (χ3n) is 4.17. The first-order valence-electron chi connectivity index (χ1n) is 8.90. The molecule has 3 aromatic rings. The number of ether oxygens (including phenoxy) is 1. The molecule has 0 saturated carbocycles. The summed E-state index contributed by atoms with van der Waals surface area (Å²) < 4.78 is 6.41. The van der Waals surface area contributed by atoms with E-state index in [-0.39, 0.29) is 18.1 Å². The van der Waals surface area contributed by atoms with Gasteiger partial charge in [-0.25, -0.2) is 9.78 Å². The average molecular weight is 391 g/mol. The molecular formula is C21H21N5O3. The third-order valence-corrected chi connectivity index (χ3v) is 4.17. The summed E-state index contributed by atoms with van der Waals surface area (Å²) in [5.74, 6) is -0.358. The molecule has 0 aliphatic rings. The Balaban J connectivity index is 1.79. The summed E-state index contributed by atoms with van der Waals surface area (Å²) in [7, 11) is 1.25. The number of aromatic nitrogens is 2. The average Bonchev–Trinajstić information content (AvgIpc) is 3.11. The second kappa shape index (κ2) is 9.32. The van der Waals surface area contributed by atoms with E-state index in [9.17, 15) is 9.59 Å².